The third-order valence-corrected chi connectivity index (χ3v) is 14.5. The Morgan fingerprint density at radius 2 is 1.94 bits per heavy atom. The van der Waals surface area contributed by atoms with E-state index in [1.54, 1.807) is 25.3 Å². The number of rotatable bonds is 8. The van der Waals surface area contributed by atoms with Crippen LogP contribution in [0.1, 0.15) is 76.8 Å². The number of urea groups is 1. The molecule has 4 aliphatic heterocycles. The molecule has 350 valence electrons. The Hall–Kier alpha value is -4.94. The number of likely N-dealkylation sites (N-methyl/N-ethyl adjacent to an activating group) is 2. The molecule has 16 nitrogen and oxygen atoms in total. The first kappa shape index (κ1) is 46.6. The molecule has 0 unspecified atom stereocenters. The average Bonchev–Trinajstić information content (AvgIpc) is 4.03. The smallest absolute Gasteiger partial charge is 0.324 e. The van der Waals surface area contributed by atoms with E-state index in [-0.39, 0.29) is 43.2 Å². The number of esters is 1. The number of nitrogens with one attached hydrogen (secondary N) is 2. The first-order valence-electron chi connectivity index (χ1n) is 23.0. The SMILES string of the molecule is CCn1c(-c2cccnc2[C@H](C)OC)c2c3cc(ccc31)-c1csc(n1)C[C@H](NC(=O)[C@H](C(C)C)N(C)C(=O)N1C[C@@H]3[C@@H](C1)OCCN3C)C(=O)N1CCC[C@H](N1)C(=O)OCC(C)(C)C2. The molecule has 4 aliphatic rings. The lowest BCUT2D eigenvalue weighted by Crippen LogP contribution is -2.62. The van der Waals surface area contributed by atoms with Crippen LogP contribution in [0.4, 0.5) is 4.79 Å². The third-order valence-electron chi connectivity index (χ3n) is 13.6. The van der Waals surface area contributed by atoms with Crippen LogP contribution >= 0.6 is 11.3 Å². The predicted octanol–water partition coefficient (Wildman–Crippen LogP) is 5.29. The van der Waals surface area contributed by atoms with Gasteiger partial charge in [0, 0.05) is 85.8 Å². The Morgan fingerprint density at radius 1 is 1.14 bits per heavy atom. The van der Waals surface area contributed by atoms with Crippen LogP contribution in [0.3, 0.4) is 0 Å². The molecule has 17 heteroatoms. The number of cyclic esters (lactones) is 1. The van der Waals surface area contributed by atoms with E-state index >= 15 is 0 Å². The van der Waals surface area contributed by atoms with Gasteiger partial charge in [-0.25, -0.2) is 15.2 Å². The number of benzene rings is 1. The summed E-state index contributed by atoms with van der Waals surface area (Å²) in [7, 11) is 5.39. The van der Waals surface area contributed by atoms with Gasteiger partial charge in [0.15, 0.2) is 0 Å². The molecule has 65 heavy (non-hydrogen) atoms. The van der Waals surface area contributed by atoms with Crippen molar-refractivity contribution in [3.8, 4) is 22.5 Å². The fraction of sp³-hybridized carbons (Fsp3) is 0.583. The molecule has 0 spiro atoms. The molecule has 1 aromatic carbocycles. The Kier molecular flexibility index (Phi) is 13.7. The summed E-state index contributed by atoms with van der Waals surface area (Å²) in [5, 5.41) is 8.22. The number of methoxy groups -OCH3 is 1. The van der Waals surface area contributed by atoms with Crippen molar-refractivity contribution in [1.29, 1.82) is 0 Å². The van der Waals surface area contributed by atoms with Gasteiger partial charge < -0.3 is 33.9 Å². The van der Waals surface area contributed by atoms with Gasteiger partial charge in [-0.1, -0.05) is 33.8 Å². The van der Waals surface area contributed by atoms with Gasteiger partial charge in [0.05, 0.1) is 60.1 Å². The maximum absolute atomic E-state index is 14.7. The number of ether oxygens (including phenoxy) is 3. The lowest BCUT2D eigenvalue weighted by Gasteiger charge is -2.37. The highest BCUT2D eigenvalue weighted by Gasteiger charge is 2.44. The van der Waals surface area contributed by atoms with E-state index in [0.717, 1.165) is 51.2 Å². The second-order valence-electron chi connectivity index (χ2n) is 19.2. The molecular formula is C48H65N9O7S. The van der Waals surface area contributed by atoms with Gasteiger partial charge in [0.25, 0.3) is 5.91 Å². The highest BCUT2D eigenvalue weighted by Crippen LogP contribution is 2.42. The van der Waals surface area contributed by atoms with Crippen molar-refractivity contribution >= 4 is 46.1 Å². The van der Waals surface area contributed by atoms with Gasteiger partial charge in [-0.15, -0.1) is 11.3 Å². The van der Waals surface area contributed by atoms with Gasteiger partial charge in [0.1, 0.15) is 18.1 Å². The number of hydrazine groups is 1. The highest BCUT2D eigenvalue weighted by atomic mass is 32.1. The van der Waals surface area contributed by atoms with Crippen LogP contribution in [-0.2, 0) is 48.0 Å². The van der Waals surface area contributed by atoms with E-state index in [2.05, 4.69) is 65.2 Å². The van der Waals surface area contributed by atoms with Crippen molar-refractivity contribution in [1.82, 2.24) is 45.0 Å². The maximum Gasteiger partial charge on any atom is 0.324 e. The topological polar surface area (TPSA) is 164 Å². The molecule has 0 aliphatic carbocycles. The molecule has 3 fully saturated rings. The number of fused-ring (bicyclic) bond motifs is 7. The van der Waals surface area contributed by atoms with E-state index in [0.29, 0.717) is 57.1 Å². The van der Waals surface area contributed by atoms with Crippen LogP contribution in [0.25, 0.3) is 33.4 Å². The van der Waals surface area contributed by atoms with Crippen molar-refractivity contribution in [3.05, 3.63) is 58.2 Å². The molecule has 6 atom stereocenters. The highest BCUT2D eigenvalue weighted by molar-refractivity contribution is 7.10. The minimum atomic E-state index is -1.05. The number of carbonyl (C=O) groups excluding carboxylic acids is 4. The van der Waals surface area contributed by atoms with Gasteiger partial charge in [0.2, 0.25) is 5.91 Å². The van der Waals surface area contributed by atoms with E-state index < -0.39 is 41.3 Å². The summed E-state index contributed by atoms with van der Waals surface area (Å²) >= 11 is 1.43. The Morgan fingerprint density at radius 3 is 2.68 bits per heavy atom. The number of morpholine rings is 1. The lowest BCUT2D eigenvalue weighted by atomic mass is 9.84. The van der Waals surface area contributed by atoms with Crippen molar-refractivity contribution < 1.29 is 33.4 Å². The Labute approximate surface area is 385 Å². The summed E-state index contributed by atoms with van der Waals surface area (Å²) in [5.41, 5.74) is 9.38. The second kappa shape index (κ2) is 19.1. The molecule has 6 bridgehead atoms. The molecule has 2 N–H and O–H groups in total. The van der Waals surface area contributed by atoms with Crippen LogP contribution in [0.5, 0.6) is 0 Å². The quantitative estimate of drug-likeness (QED) is 0.221. The monoisotopic (exact) mass is 911 g/mol. The van der Waals surface area contributed by atoms with E-state index in [1.807, 2.05) is 39.3 Å². The number of hydrogen-bond donors (Lipinski definition) is 2. The Bertz CT molecular complexity index is 2420. The molecule has 4 amide bonds. The van der Waals surface area contributed by atoms with Gasteiger partial charge >= 0.3 is 12.0 Å². The fourth-order valence-electron chi connectivity index (χ4n) is 10.1. The number of hydrogen-bond acceptors (Lipinski definition) is 12. The number of amides is 4. The van der Waals surface area contributed by atoms with Crippen LogP contribution < -0.4 is 10.7 Å². The lowest BCUT2D eigenvalue weighted by molar-refractivity contribution is -0.155. The average molecular weight is 912 g/mol. The van der Waals surface area contributed by atoms with Crippen LogP contribution in [0.15, 0.2) is 41.9 Å². The number of carbonyl (C=O) groups is 4. The molecule has 7 heterocycles. The van der Waals surface area contributed by atoms with E-state index in [4.69, 9.17) is 24.2 Å². The number of pyridine rings is 1. The molecule has 3 saturated heterocycles. The van der Waals surface area contributed by atoms with Crippen molar-refractivity contribution in [2.45, 2.75) is 110 Å². The summed E-state index contributed by atoms with van der Waals surface area (Å²) in [5.74, 6) is -1.56. The van der Waals surface area contributed by atoms with Crippen molar-refractivity contribution in [2.24, 2.45) is 11.3 Å². The van der Waals surface area contributed by atoms with Gasteiger partial charge in [-0.3, -0.25) is 29.3 Å². The van der Waals surface area contributed by atoms with Gasteiger partial charge in [-0.2, -0.15) is 0 Å². The zero-order chi connectivity index (χ0) is 46.3. The number of likely N-dealkylation sites (tertiary alicyclic amines) is 1. The van der Waals surface area contributed by atoms with Gasteiger partial charge in [-0.05, 0) is 75.9 Å². The summed E-state index contributed by atoms with van der Waals surface area (Å²) < 4.78 is 20.3. The molecule has 0 radical (unpaired) electrons. The van der Waals surface area contributed by atoms with Crippen molar-refractivity contribution in [3.63, 3.8) is 0 Å². The van der Waals surface area contributed by atoms with Crippen molar-refractivity contribution in [2.75, 3.05) is 60.6 Å². The Balaban J connectivity index is 1.15. The third kappa shape index (κ3) is 9.40. The summed E-state index contributed by atoms with van der Waals surface area (Å²) in [4.78, 5) is 72.5. The second-order valence-corrected chi connectivity index (χ2v) is 20.2. The number of aryl methyl sites for hydroxylation is 1. The van der Waals surface area contributed by atoms with Crippen LogP contribution in [-0.4, -0.2) is 149 Å². The number of aromatic nitrogens is 3. The molecule has 4 aromatic rings. The first-order valence-corrected chi connectivity index (χ1v) is 23.9. The van der Waals surface area contributed by atoms with Crippen LogP contribution in [0.2, 0.25) is 0 Å². The molecule has 8 rings (SSSR count). The standard InChI is InChI=1S/C48H65N9O7S/c1-10-56-37-16-15-30-21-32(37)33(43(56)31-13-11-17-49-41(31)29(4)62-9)23-48(5,6)27-64-46(60)34-14-12-18-57(52-34)45(59)35(22-40-50-36(30)26-65-40)51-44(58)42(28(2)3)54(8)47(61)55-24-38-39(25-55)63-20-19-53(38)7/h11,13,15-17,21,26,28-29,34-35,38-39,42,52H,10,12,14,18-20,22-25,27H2,1-9H3,(H,51,58)/t29-,34-,35-,38+,39+,42-/m0/s1. The maximum atomic E-state index is 14.7. The molecule has 3 aromatic heterocycles. The first-order chi connectivity index (χ1) is 31.1. The van der Waals surface area contributed by atoms with E-state index in [1.165, 1.54) is 21.2 Å². The zero-order valence-electron chi connectivity index (χ0n) is 39.3. The molecule has 0 saturated carbocycles. The van der Waals surface area contributed by atoms with E-state index in [9.17, 15) is 19.2 Å². The van der Waals surface area contributed by atoms with Crippen LogP contribution in [0, 0.1) is 11.3 Å². The zero-order valence-corrected chi connectivity index (χ0v) is 40.1. The summed E-state index contributed by atoms with van der Waals surface area (Å²) in [6.07, 6.45) is 3.19. The number of nitrogens with zero attached hydrogens (tertiary/aromatic N) is 7. The molecular weight excluding hydrogens is 847 g/mol. The summed E-state index contributed by atoms with van der Waals surface area (Å²) in [6, 6.07) is 7.59. The minimum absolute atomic E-state index is 0.0843. The fourth-order valence-corrected chi connectivity index (χ4v) is 11.0. The predicted molar refractivity (Wildman–Crippen MR) is 249 cm³/mol. The largest absolute Gasteiger partial charge is 0.464 e. The normalized spacial score (nSPS) is 23.8. The minimum Gasteiger partial charge on any atom is -0.464 e. The summed E-state index contributed by atoms with van der Waals surface area (Å²) in [6.45, 7) is 15.7. The number of thiazole rings is 1.